The molecule has 1 heterocycles. The van der Waals surface area contributed by atoms with Crippen molar-refractivity contribution in [1.82, 2.24) is 15.0 Å². The van der Waals surface area contributed by atoms with Crippen molar-refractivity contribution in [2.24, 2.45) is 17.8 Å². The first kappa shape index (κ1) is 10.5. The van der Waals surface area contributed by atoms with Gasteiger partial charge in [0.2, 0.25) is 11.9 Å². The maximum absolute atomic E-state index is 5.74. The van der Waals surface area contributed by atoms with E-state index in [4.69, 9.17) is 11.5 Å². The predicted molar refractivity (Wildman–Crippen MR) is 68.5 cm³/mol. The number of hydrogen-bond donors (Lipinski definition) is 2. The van der Waals surface area contributed by atoms with Gasteiger partial charge in [-0.25, -0.2) is 0 Å². The largest absolute Gasteiger partial charge is 0.368 e. The lowest BCUT2D eigenvalue weighted by atomic mass is 9.49. The lowest BCUT2D eigenvalue weighted by molar-refractivity contribution is -0.00934. The minimum atomic E-state index is 0.153. The van der Waals surface area contributed by atoms with Crippen LogP contribution in [0, 0.1) is 17.8 Å². The maximum Gasteiger partial charge on any atom is 0.225 e. The minimum absolute atomic E-state index is 0.153. The fourth-order valence-electron chi connectivity index (χ4n) is 5.03. The molecule has 4 aliphatic rings. The molecule has 0 unspecified atom stereocenters. The molecule has 4 saturated carbocycles. The topological polar surface area (TPSA) is 90.7 Å². The SMILES string of the molecule is Nc1nc(N)nc(C23CC4CC(CC(C4)C2)C3)n1. The maximum atomic E-state index is 5.74. The third kappa shape index (κ3) is 1.42. The van der Waals surface area contributed by atoms with Gasteiger partial charge in [0.1, 0.15) is 5.82 Å². The van der Waals surface area contributed by atoms with E-state index < -0.39 is 0 Å². The highest BCUT2D eigenvalue weighted by Crippen LogP contribution is 2.60. The van der Waals surface area contributed by atoms with E-state index in [0.29, 0.717) is 0 Å². The summed E-state index contributed by atoms with van der Waals surface area (Å²) < 4.78 is 0. The smallest absolute Gasteiger partial charge is 0.225 e. The van der Waals surface area contributed by atoms with Crippen LogP contribution in [-0.4, -0.2) is 15.0 Å². The van der Waals surface area contributed by atoms with E-state index in [-0.39, 0.29) is 17.3 Å². The van der Waals surface area contributed by atoms with Crippen molar-refractivity contribution in [3.63, 3.8) is 0 Å². The molecule has 0 spiro atoms. The van der Waals surface area contributed by atoms with Crippen LogP contribution in [0.2, 0.25) is 0 Å². The van der Waals surface area contributed by atoms with Gasteiger partial charge in [-0.3, -0.25) is 0 Å². The summed E-state index contributed by atoms with van der Waals surface area (Å²) in [7, 11) is 0. The minimum Gasteiger partial charge on any atom is -0.368 e. The number of nitrogens with two attached hydrogens (primary N) is 2. The molecule has 4 N–H and O–H groups in total. The van der Waals surface area contributed by atoms with Crippen LogP contribution in [0.4, 0.5) is 11.9 Å². The highest BCUT2D eigenvalue weighted by Gasteiger charge is 2.53. The molecule has 5 rings (SSSR count). The summed E-state index contributed by atoms with van der Waals surface area (Å²) in [6.45, 7) is 0. The zero-order chi connectivity index (χ0) is 12.3. The summed E-state index contributed by atoms with van der Waals surface area (Å²) in [4.78, 5) is 12.7. The molecule has 96 valence electrons. The second-order valence-corrected chi connectivity index (χ2v) is 6.57. The quantitative estimate of drug-likeness (QED) is 0.782. The summed E-state index contributed by atoms with van der Waals surface area (Å²) in [5.74, 6) is 4.02. The van der Waals surface area contributed by atoms with Crippen molar-refractivity contribution < 1.29 is 0 Å². The van der Waals surface area contributed by atoms with Gasteiger partial charge < -0.3 is 11.5 Å². The van der Waals surface area contributed by atoms with Crippen LogP contribution in [0.15, 0.2) is 0 Å². The van der Waals surface area contributed by atoms with Gasteiger partial charge in [-0.2, -0.15) is 15.0 Å². The standard InChI is InChI=1S/C13H19N5/c14-11-16-10(17-12(15)18-11)13-4-7-1-8(5-13)3-9(2-7)6-13/h7-9H,1-6H2,(H4,14,15,16,17,18). The average Bonchev–Trinajstić information content (AvgIpc) is 2.25. The third-order valence-electron chi connectivity index (χ3n) is 5.18. The molecule has 4 fully saturated rings. The van der Waals surface area contributed by atoms with Crippen molar-refractivity contribution in [2.75, 3.05) is 11.5 Å². The Balaban J connectivity index is 1.79. The Morgan fingerprint density at radius 1 is 0.778 bits per heavy atom. The molecule has 4 bridgehead atoms. The van der Waals surface area contributed by atoms with Crippen LogP contribution >= 0.6 is 0 Å². The molecule has 0 amide bonds. The molecular weight excluding hydrogens is 226 g/mol. The molecule has 0 atom stereocenters. The van der Waals surface area contributed by atoms with E-state index in [1.165, 1.54) is 38.5 Å². The van der Waals surface area contributed by atoms with Gasteiger partial charge in [-0.1, -0.05) is 0 Å². The molecule has 1 aromatic heterocycles. The van der Waals surface area contributed by atoms with Gasteiger partial charge in [0, 0.05) is 5.41 Å². The van der Waals surface area contributed by atoms with Crippen LogP contribution in [-0.2, 0) is 5.41 Å². The molecule has 18 heavy (non-hydrogen) atoms. The summed E-state index contributed by atoms with van der Waals surface area (Å²) in [5, 5.41) is 0. The van der Waals surface area contributed by atoms with Crippen molar-refractivity contribution in [1.29, 1.82) is 0 Å². The second-order valence-electron chi connectivity index (χ2n) is 6.57. The van der Waals surface area contributed by atoms with Crippen LogP contribution < -0.4 is 11.5 Å². The monoisotopic (exact) mass is 245 g/mol. The van der Waals surface area contributed by atoms with Crippen molar-refractivity contribution in [3.8, 4) is 0 Å². The van der Waals surface area contributed by atoms with E-state index in [1.54, 1.807) is 0 Å². The Hall–Kier alpha value is -1.39. The molecule has 0 saturated heterocycles. The summed E-state index contributed by atoms with van der Waals surface area (Å²) in [6.07, 6.45) is 7.91. The van der Waals surface area contributed by atoms with Gasteiger partial charge in [-0.15, -0.1) is 0 Å². The van der Waals surface area contributed by atoms with Crippen molar-refractivity contribution in [2.45, 2.75) is 43.9 Å². The lowest BCUT2D eigenvalue weighted by Crippen LogP contribution is -2.49. The molecule has 0 aliphatic heterocycles. The number of hydrogen-bond acceptors (Lipinski definition) is 5. The Labute approximate surface area is 106 Å². The number of nitrogens with zero attached hydrogens (tertiary/aromatic N) is 3. The molecule has 0 radical (unpaired) electrons. The van der Waals surface area contributed by atoms with Gasteiger partial charge in [0.05, 0.1) is 0 Å². The van der Waals surface area contributed by atoms with E-state index in [9.17, 15) is 0 Å². The van der Waals surface area contributed by atoms with Crippen molar-refractivity contribution in [3.05, 3.63) is 5.82 Å². The predicted octanol–water partition coefficient (Wildman–Crippen LogP) is 1.50. The van der Waals surface area contributed by atoms with E-state index in [2.05, 4.69) is 15.0 Å². The number of aromatic nitrogens is 3. The van der Waals surface area contributed by atoms with E-state index in [0.717, 1.165) is 23.6 Å². The molecule has 1 aromatic rings. The highest BCUT2D eigenvalue weighted by atomic mass is 15.1. The Kier molecular flexibility index (Phi) is 1.95. The van der Waals surface area contributed by atoms with E-state index >= 15 is 0 Å². The zero-order valence-corrected chi connectivity index (χ0v) is 10.5. The van der Waals surface area contributed by atoms with Crippen LogP contribution in [0.3, 0.4) is 0 Å². The zero-order valence-electron chi connectivity index (χ0n) is 10.5. The summed E-state index contributed by atoms with van der Waals surface area (Å²) in [5.41, 5.74) is 11.6. The third-order valence-corrected chi connectivity index (χ3v) is 5.18. The molecule has 4 aliphatic carbocycles. The van der Waals surface area contributed by atoms with Crippen LogP contribution in [0.5, 0.6) is 0 Å². The molecule has 5 nitrogen and oxygen atoms in total. The lowest BCUT2D eigenvalue weighted by Gasteiger charge is -2.55. The normalized spacial score (nSPS) is 41.2. The highest BCUT2D eigenvalue weighted by molar-refractivity contribution is 5.30. The molecular formula is C13H19N5. The number of rotatable bonds is 1. The summed E-state index contributed by atoms with van der Waals surface area (Å²) >= 11 is 0. The van der Waals surface area contributed by atoms with Gasteiger partial charge in [0.25, 0.3) is 0 Å². The average molecular weight is 245 g/mol. The fraction of sp³-hybridized carbons (Fsp3) is 0.769. The second kappa shape index (κ2) is 3.33. The summed E-state index contributed by atoms with van der Waals surface area (Å²) in [6, 6.07) is 0. The van der Waals surface area contributed by atoms with Gasteiger partial charge in [0.15, 0.2) is 0 Å². The Bertz CT molecular complexity index is 443. The van der Waals surface area contributed by atoms with Crippen LogP contribution in [0.1, 0.15) is 44.3 Å². The molecule has 0 aromatic carbocycles. The van der Waals surface area contributed by atoms with E-state index in [1.807, 2.05) is 0 Å². The first-order valence-corrected chi connectivity index (χ1v) is 6.90. The number of anilines is 2. The first-order chi connectivity index (χ1) is 8.63. The fourth-order valence-corrected chi connectivity index (χ4v) is 5.03. The number of nitrogen functional groups attached to an aromatic ring is 2. The Morgan fingerprint density at radius 2 is 1.22 bits per heavy atom. The molecule has 5 heteroatoms. The van der Waals surface area contributed by atoms with Crippen LogP contribution in [0.25, 0.3) is 0 Å². The Morgan fingerprint density at radius 3 is 1.67 bits per heavy atom. The van der Waals surface area contributed by atoms with Crippen molar-refractivity contribution >= 4 is 11.9 Å². The first-order valence-electron chi connectivity index (χ1n) is 6.90. The van der Waals surface area contributed by atoms with Gasteiger partial charge >= 0.3 is 0 Å². The van der Waals surface area contributed by atoms with Gasteiger partial charge in [-0.05, 0) is 56.3 Å².